The predicted molar refractivity (Wildman–Crippen MR) is 206 cm³/mol. The highest BCUT2D eigenvalue weighted by molar-refractivity contribution is 7.01. The van der Waals surface area contributed by atoms with E-state index in [2.05, 4.69) is 156 Å². The number of nitrogens with zero attached hydrogens (tertiary/aromatic N) is 1. The van der Waals surface area contributed by atoms with Gasteiger partial charge in [0.05, 0.1) is 5.69 Å². The van der Waals surface area contributed by atoms with E-state index in [0.29, 0.717) is 11.8 Å². The monoisotopic (exact) mass is 607 g/mol. The Morgan fingerprint density at radius 3 is 1.85 bits per heavy atom. The number of rotatable bonds is 4. The minimum absolute atomic E-state index is 0.199. The minimum atomic E-state index is 0.199. The molecule has 0 spiro atoms. The molecule has 0 radical (unpaired) electrons. The van der Waals surface area contributed by atoms with Crippen molar-refractivity contribution in [1.82, 2.24) is 0 Å². The van der Waals surface area contributed by atoms with E-state index in [1.807, 2.05) is 0 Å². The first kappa shape index (κ1) is 28.7. The molecule has 9 rings (SSSR count). The van der Waals surface area contributed by atoms with E-state index in [-0.39, 0.29) is 12.1 Å². The Kier molecular flexibility index (Phi) is 6.08. The fourth-order valence-electron chi connectivity index (χ4n) is 9.05. The summed E-state index contributed by atoms with van der Waals surface area (Å²) in [6.45, 7) is 16.8. The molecular formula is C45H42BN. The third-order valence-electron chi connectivity index (χ3n) is 10.9. The summed E-state index contributed by atoms with van der Waals surface area (Å²) >= 11 is 0. The maximum absolute atomic E-state index is 2.60. The van der Waals surface area contributed by atoms with Crippen LogP contribution in [0, 0.1) is 5.41 Å². The zero-order valence-electron chi connectivity index (χ0n) is 28.7. The van der Waals surface area contributed by atoms with Crippen molar-refractivity contribution in [3.63, 3.8) is 0 Å². The summed E-state index contributed by atoms with van der Waals surface area (Å²) < 4.78 is 0. The molecular weight excluding hydrogens is 565 g/mol. The zero-order chi connectivity index (χ0) is 32.4. The number of hydrogen-bond donors (Lipinski definition) is 0. The summed E-state index contributed by atoms with van der Waals surface area (Å²) in [6.07, 6.45) is 1.06. The van der Waals surface area contributed by atoms with Gasteiger partial charge >= 0.3 is 0 Å². The molecule has 2 heterocycles. The summed E-state index contributed by atoms with van der Waals surface area (Å²) in [5, 5.41) is 8.43. The van der Waals surface area contributed by atoms with Crippen LogP contribution in [0.1, 0.15) is 77.0 Å². The maximum Gasteiger partial charge on any atom is 0.248 e. The summed E-state index contributed by atoms with van der Waals surface area (Å²) in [5.74, 6) is 0.831. The van der Waals surface area contributed by atoms with E-state index >= 15 is 0 Å². The molecule has 0 unspecified atom stereocenters. The number of fused-ring (bicyclic) bond motifs is 5. The van der Waals surface area contributed by atoms with E-state index in [1.54, 1.807) is 0 Å². The van der Waals surface area contributed by atoms with E-state index in [0.717, 1.165) is 6.42 Å². The van der Waals surface area contributed by atoms with Gasteiger partial charge in [-0.3, -0.25) is 0 Å². The lowest BCUT2D eigenvalue weighted by molar-refractivity contribution is 0.412. The second-order valence-corrected chi connectivity index (χ2v) is 15.9. The van der Waals surface area contributed by atoms with Crippen LogP contribution >= 0.6 is 0 Å². The van der Waals surface area contributed by atoms with Gasteiger partial charge in [-0.05, 0) is 108 Å². The molecule has 0 aliphatic carbocycles. The predicted octanol–water partition coefficient (Wildman–Crippen LogP) is 10.7. The van der Waals surface area contributed by atoms with E-state index in [9.17, 15) is 0 Å². The molecule has 0 bridgehead atoms. The number of anilines is 3. The second-order valence-electron chi connectivity index (χ2n) is 15.9. The molecule has 0 saturated heterocycles. The van der Waals surface area contributed by atoms with Crippen LogP contribution in [0.15, 0.2) is 103 Å². The van der Waals surface area contributed by atoms with E-state index in [1.165, 1.54) is 93.6 Å². The van der Waals surface area contributed by atoms with Gasteiger partial charge in [0.1, 0.15) is 0 Å². The first-order chi connectivity index (χ1) is 22.6. The van der Waals surface area contributed by atoms with Crippen LogP contribution in [-0.4, -0.2) is 6.71 Å². The Labute approximate surface area is 279 Å². The molecule has 0 N–H and O–H groups in total. The highest BCUT2D eigenvalue weighted by atomic mass is 15.2. The molecule has 0 saturated carbocycles. The lowest BCUT2D eigenvalue weighted by atomic mass is 9.37. The molecule has 0 aromatic heterocycles. The SMILES string of the molecule is CC(C)c1cc(CC(C)(C)C)c2ccc3c(C(C)C)cc(N4c5ccccc5B5c6ccccc6-c6cccc4c65)c4ccc1c2c34. The average molecular weight is 608 g/mol. The van der Waals surface area contributed by atoms with Crippen LogP contribution in [-0.2, 0) is 6.42 Å². The summed E-state index contributed by atoms with van der Waals surface area (Å²) in [7, 11) is 0. The molecule has 7 aromatic rings. The molecule has 2 aliphatic heterocycles. The molecule has 7 aromatic carbocycles. The average Bonchev–Trinajstić information content (AvgIpc) is 3.39. The van der Waals surface area contributed by atoms with Gasteiger partial charge in [-0.1, -0.05) is 139 Å². The fraction of sp³-hybridized carbons (Fsp3) is 0.244. The van der Waals surface area contributed by atoms with Crippen LogP contribution in [0.2, 0.25) is 0 Å². The summed E-state index contributed by atoms with van der Waals surface area (Å²) in [5.41, 5.74) is 15.5. The highest BCUT2D eigenvalue weighted by Crippen LogP contribution is 2.49. The Bertz CT molecular complexity index is 2390. The first-order valence-electron chi connectivity index (χ1n) is 17.5. The normalized spacial score (nSPS) is 13.8. The zero-order valence-corrected chi connectivity index (χ0v) is 28.7. The highest BCUT2D eigenvalue weighted by Gasteiger charge is 2.42. The minimum Gasteiger partial charge on any atom is -0.311 e. The largest absolute Gasteiger partial charge is 0.311 e. The first-order valence-corrected chi connectivity index (χ1v) is 17.5. The second kappa shape index (κ2) is 9.97. The van der Waals surface area contributed by atoms with Crippen LogP contribution in [0.4, 0.5) is 17.1 Å². The quantitative estimate of drug-likeness (QED) is 0.142. The van der Waals surface area contributed by atoms with Gasteiger partial charge in [-0.25, -0.2) is 0 Å². The number of para-hydroxylation sites is 1. The summed E-state index contributed by atoms with van der Waals surface area (Å²) in [4.78, 5) is 2.60. The van der Waals surface area contributed by atoms with E-state index < -0.39 is 0 Å². The molecule has 2 aliphatic rings. The lowest BCUT2D eigenvalue weighted by Crippen LogP contribution is -2.54. The van der Waals surface area contributed by atoms with Crippen molar-refractivity contribution in [2.45, 2.75) is 66.7 Å². The topological polar surface area (TPSA) is 3.24 Å². The summed E-state index contributed by atoms with van der Waals surface area (Å²) in [6, 6.07) is 39.9. The van der Waals surface area contributed by atoms with Crippen molar-refractivity contribution in [1.29, 1.82) is 0 Å². The number of benzene rings is 7. The van der Waals surface area contributed by atoms with Crippen molar-refractivity contribution in [3.05, 3.63) is 120 Å². The smallest absolute Gasteiger partial charge is 0.248 e. The molecule has 2 heteroatoms. The third kappa shape index (κ3) is 4.03. The Balaban J connectivity index is 1.42. The molecule has 0 atom stereocenters. The van der Waals surface area contributed by atoms with Crippen molar-refractivity contribution < 1.29 is 0 Å². The van der Waals surface area contributed by atoms with Crippen LogP contribution in [0.5, 0.6) is 0 Å². The van der Waals surface area contributed by atoms with Gasteiger partial charge in [0.15, 0.2) is 0 Å². The van der Waals surface area contributed by atoms with Crippen molar-refractivity contribution in [2.75, 3.05) is 4.90 Å². The van der Waals surface area contributed by atoms with Crippen LogP contribution < -0.4 is 21.3 Å². The Morgan fingerprint density at radius 1 is 0.553 bits per heavy atom. The number of hydrogen-bond acceptors (Lipinski definition) is 1. The maximum atomic E-state index is 2.60. The lowest BCUT2D eigenvalue weighted by Gasteiger charge is -2.37. The Hall–Kier alpha value is -4.56. The molecule has 1 nitrogen and oxygen atoms in total. The van der Waals surface area contributed by atoms with Crippen molar-refractivity contribution in [2.24, 2.45) is 5.41 Å². The van der Waals surface area contributed by atoms with Crippen molar-refractivity contribution >= 4 is 72.5 Å². The Morgan fingerprint density at radius 2 is 1.13 bits per heavy atom. The molecule has 0 amide bonds. The van der Waals surface area contributed by atoms with Gasteiger partial charge in [-0.15, -0.1) is 0 Å². The fourth-order valence-corrected chi connectivity index (χ4v) is 9.05. The van der Waals surface area contributed by atoms with Gasteiger partial charge in [0.25, 0.3) is 0 Å². The third-order valence-corrected chi connectivity index (χ3v) is 10.9. The van der Waals surface area contributed by atoms with E-state index in [4.69, 9.17) is 0 Å². The molecule has 47 heavy (non-hydrogen) atoms. The van der Waals surface area contributed by atoms with Crippen LogP contribution in [0.3, 0.4) is 0 Å². The van der Waals surface area contributed by atoms with Gasteiger partial charge < -0.3 is 4.90 Å². The van der Waals surface area contributed by atoms with Gasteiger partial charge in [0, 0.05) is 16.8 Å². The van der Waals surface area contributed by atoms with Crippen LogP contribution in [0.25, 0.3) is 43.4 Å². The van der Waals surface area contributed by atoms with Gasteiger partial charge in [-0.2, -0.15) is 0 Å². The molecule has 230 valence electrons. The van der Waals surface area contributed by atoms with Gasteiger partial charge in [0.2, 0.25) is 6.71 Å². The van der Waals surface area contributed by atoms with Crippen molar-refractivity contribution in [3.8, 4) is 11.1 Å². The molecule has 0 fully saturated rings. The standard InChI is InChI=1S/C45H42BN/c1-26(2)35-23-28(25-45(5,6)7)29-19-20-32-36(27(3)4)24-41(34-22-21-31(35)42(29)43(32)34)47-39-17-11-10-16-38(39)46-37-15-9-8-13-30(37)33-14-12-18-40(47)44(33)46/h8-24,26-27H,25H2,1-7H3.